The lowest BCUT2D eigenvalue weighted by Crippen LogP contribution is -2.47. The molecule has 2 amide bonds. The Hall–Kier alpha value is -3.60. The Labute approximate surface area is 195 Å². The smallest absolute Gasteiger partial charge is 0.258 e. The zero-order valence-corrected chi connectivity index (χ0v) is 19.8. The highest BCUT2D eigenvalue weighted by atomic mass is 16.5. The zero-order chi connectivity index (χ0) is 23.7. The van der Waals surface area contributed by atoms with E-state index in [1.165, 1.54) is 0 Å². The van der Waals surface area contributed by atoms with Gasteiger partial charge in [0.05, 0.1) is 13.2 Å². The molecular formula is C28H30N2O3. The van der Waals surface area contributed by atoms with Crippen molar-refractivity contribution in [1.29, 1.82) is 0 Å². The first kappa shape index (κ1) is 22.6. The van der Waals surface area contributed by atoms with Gasteiger partial charge in [0.1, 0.15) is 5.75 Å². The Kier molecular flexibility index (Phi) is 6.23. The van der Waals surface area contributed by atoms with Crippen molar-refractivity contribution < 1.29 is 14.3 Å². The molecule has 0 bridgehead atoms. The number of ether oxygens (including phenoxy) is 1. The van der Waals surface area contributed by atoms with Crippen LogP contribution < -0.4 is 14.5 Å². The molecule has 0 saturated carbocycles. The van der Waals surface area contributed by atoms with Crippen molar-refractivity contribution in [3.05, 3.63) is 89.0 Å². The summed E-state index contributed by atoms with van der Waals surface area (Å²) < 4.78 is 5.24. The lowest BCUT2D eigenvalue weighted by molar-refractivity contribution is -0.117. The van der Waals surface area contributed by atoms with E-state index in [1.807, 2.05) is 67.0 Å². The van der Waals surface area contributed by atoms with Gasteiger partial charge in [-0.15, -0.1) is 0 Å². The average molecular weight is 443 g/mol. The maximum absolute atomic E-state index is 13.6. The normalized spacial score (nSPS) is 17.3. The van der Waals surface area contributed by atoms with Crippen molar-refractivity contribution in [2.24, 2.45) is 0 Å². The van der Waals surface area contributed by atoms with E-state index >= 15 is 0 Å². The Bertz CT molecular complexity index is 1170. The molecule has 3 aromatic carbocycles. The third-order valence-corrected chi connectivity index (χ3v) is 6.33. The number of fused-ring (bicyclic) bond motifs is 1. The fourth-order valence-corrected chi connectivity index (χ4v) is 4.65. The van der Waals surface area contributed by atoms with Gasteiger partial charge in [0.15, 0.2) is 0 Å². The molecule has 0 fully saturated rings. The molecule has 0 spiro atoms. The minimum absolute atomic E-state index is 0.0162. The number of hydrogen-bond acceptors (Lipinski definition) is 3. The largest absolute Gasteiger partial charge is 0.497 e. The topological polar surface area (TPSA) is 49.9 Å². The fraction of sp³-hybridized carbons (Fsp3) is 0.286. The third-order valence-electron chi connectivity index (χ3n) is 6.33. The first-order valence-corrected chi connectivity index (χ1v) is 11.2. The lowest BCUT2D eigenvalue weighted by Gasteiger charge is -2.43. The highest BCUT2D eigenvalue weighted by Crippen LogP contribution is 2.43. The number of hydrogen-bond donors (Lipinski definition) is 0. The van der Waals surface area contributed by atoms with Crippen molar-refractivity contribution in [3.63, 3.8) is 0 Å². The maximum atomic E-state index is 13.6. The van der Waals surface area contributed by atoms with E-state index in [0.717, 1.165) is 28.1 Å². The second-order valence-corrected chi connectivity index (χ2v) is 8.79. The summed E-state index contributed by atoms with van der Waals surface area (Å²) in [5.41, 5.74) is 5.53. The van der Waals surface area contributed by atoms with Crippen LogP contribution in [0.25, 0.3) is 0 Å². The standard InChI is InChI=1S/C28H30N2O3/c1-18-6-11-23(12-7-18)30(21(4)31)27-17-20(3)29(26-16-19(2)8-15-25(26)27)28(32)22-9-13-24(33-5)14-10-22/h6-16,20,27H,17H2,1-5H3/t20-,27+/m0/s1. The molecule has 2 atom stereocenters. The van der Waals surface area contributed by atoms with Crippen LogP contribution in [0.15, 0.2) is 66.7 Å². The summed E-state index contributed by atoms with van der Waals surface area (Å²) >= 11 is 0. The predicted octanol–water partition coefficient (Wildman–Crippen LogP) is 5.85. The third kappa shape index (κ3) is 4.36. The molecule has 4 rings (SSSR count). The van der Waals surface area contributed by atoms with E-state index < -0.39 is 0 Å². The Morgan fingerprint density at radius 3 is 2.18 bits per heavy atom. The van der Waals surface area contributed by atoms with Gasteiger partial charge in [-0.1, -0.05) is 29.8 Å². The van der Waals surface area contributed by atoms with Crippen molar-refractivity contribution >= 4 is 23.2 Å². The van der Waals surface area contributed by atoms with E-state index in [4.69, 9.17) is 4.74 Å². The summed E-state index contributed by atoms with van der Waals surface area (Å²) in [5.74, 6) is 0.641. The van der Waals surface area contributed by atoms with Crippen LogP contribution in [-0.2, 0) is 4.79 Å². The van der Waals surface area contributed by atoms with Gasteiger partial charge in [-0.25, -0.2) is 0 Å². The van der Waals surface area contributed by atoms with Gasteiger partial charge in [0.2, 0.25) is 5.91 Å². The average Bonchev–Trinajstić information content (AvgIpc) is 2.80. The molecule has 0 aliphatic carbocycles. The summed E-state index contributed by atoms with van der Waals surface area (Å²) in [4.78, 5) is 30.2. The molecule has 0 N–H and O–H groups in total. The molecule has 1 aliphatic heterocycles. The van der Waals surface area contributed by atoms with Gasteiger partial charge in [-0.3, -0.25) is 9.59 Å². The van der Waals surface area contributed by atoms with E-state index in [9.17, 15) is 9.59 Å². The van der Waals surface area contributed by atoms with Gasteiger partial charge in [0.25, 0.3) is 5.91 Å². The first-order valence-electron chi connectivity index (χ1n) is 11.2. The molecular weight excluding hydrogens is 412 g/mol. The second-order valence-electron chi connectivity index (χ2n) is 8.79. The van der Waals surface area contributed by atoms with Crippen LogP contribution in [0.4, 0.5) is 11.4 Å². The number of methoxy groups -OCH3 is 1. The summed E-state index contributed by atoms with van der Waals surface area (Å²) in [5, 5.41) is 0. The number of amides is 2. The fourth-order valence-electron chi connectivity index (χ4n) is 4.65. The Balaban J connectivity index is 1.78. The van der Waals surface area contributed by atoms with Crippen molar-refractivity contribution in [2.45, 2.75) is 46.2 Å². The SMILES string of the molecule is COc1ccc(C(=O)N2c3cc(C)ccc3[C@H](N(C(C)=O)c3ccc(C)cc3)C[C@@H]2C)cc1. The van der Waals surface area contributed by atoms with Gasteiger partial charge in [-0.2, -0.15) is 0 Å². The highest BCUT2D eigenvalue weighted by molar-refractivity contribution is 6.07. The minimum Gasteiger partial charge on any atom is -0.497 e. The first-order chi connectivity index (χ1) is 15.8. The monoisotopic (exact) mass is 442 g/mol. The molecule has 1 aliphatic rings. The van der Waals surface area contributed by atoms with E-state index in [1.54, 1.807) is 38.3 Å². The summed E-state index contributed by atoms with van der Waals surface area (Å²) in [6, 6.07) is 21.1. The minimum atomic E-state index is -0.157. The molecule has 170 valence electrons. The van der Waals surface area contributed by atoms with Crippen LogP contribution in [-0.4, -0.2) is 25.0 Å². The number of rotatable bonds is 4. The summed E-state index contributed by atoms with van der Waals surface area (Å²) in [6.07, 6.45) is 0.644. The molecule has 0 unspecified atom stereocenters. The van der Waals surface area contributed by atoms with E-state index in [2.05, 4.69) is 6.07 Å². The van der Waals surface area contributed by atoms with Crippen LogP contribution in [0.1, 0.15) is 53.4 Å². The van der Waals surface area contributed by atoms with Gasteiger partial charge < -0.3 is 14.5 Å². The molecule has 33 heavy (non-hydrogen) atoms. The van der Waals surface area contributed by atoms with Gasteiger partial charge in [-0.05, 0) is 80.8 Å². The quantitative estimate of drug-likeness (QED) is 0.510. The molecule has 5 nitrogen and oxygen atoms in total. The second kappa shape index (κ2) is 9.10. The Morgan fingerprint density at radius 2 is 1.58 bits per heavy atom. The summed E-state index contributed by atoms with van der Waals surface area (Å²) in [7, 11) is 1.61. The molecule has 5 heteroatoms. The van der Waals surface area contributed by atoms with Crippen LogP contribution in [0.5, 0.6) is 5.75 Å². The van der Waals surface area contributed by atoms with Crippen molar-refractivity contribution in [1.82, 2.24) is 0 Å². The predicted molar refractivity (Wildman–Crippen MR) is 132 cm³/mol. The van der Waals surface area contributed by atoms with Crippen LogP contribution in [0, 0.1) is 13.8 Å². The molecule has 0 aromatic heterocycles. The molecule has 3 aromatic rings. The van der Waals surface area contributed by atoms with Crippen molar-refractivity contribution in [2.75, 3.05) is 16.9 Å². The van der Waals surface area contributed by atoms with Gasteiger partial charge >= 0.3 is 0 Å². The Morgan fingerprint density at radius 1 is 0.939 bits per heavy atom. The number of nitrogens with zero attached hydrogens (tertiary/aromatic N) is 2. The van der Waals surface area contributed by atoms with Crippen LogP contribution in [0.3, 0.4) is 0 Å². The number of anilines is 2. The molecule has 0 saturated heterocycles. The van der Waals surface area contributed by atoms with Crippen LogP contribution in [0.2, 0.25) is 0 Å². The van der Waals surface area contributed by atoms with E-state index in [-0.39, 0.29) is 23.9 Å². The number of aryl methyl sites for hydroxylation is 2. The molecule has 0 radical (unpaired) electrons. The molecule has 1 heterocycles. The summed E-state index contributed by atoms with van der Waals surface area (Å²) in [6.45, 7) is 7.71. The van der Waals surface area contributed by atoms with Crippen LogP contribution >= 0.6 is 0 Å². The number of benzene rings is 3. The zero-order valence-electron chi connectivity index (χ0n) is 19.8. The number of carbonyl (C=O) groups excluding carboxylic acids is 2. The lowest BCUT2D eigenvalue weighted by atomic mass is 9.88. The van der Waals surface area contributed by atoms with Crippen molar-refractivity contribution in [3.8, 4) is 5.75 Å². The van der Waals surface area contributed by atoms with Gasteiger partial charge in [0, 0.05) is 29.9 Å². The van der Waals surface area contributed by atoms with E-state index in [0.29, 0.717) is 17.7 Å². The number of carbonyl (C=O) groups is 2. The highest BCUT2D eigenvalue weighted by Gasteiger charge is 2.38. The maximum Gasteiger partial charge on any atom is 0.258 e.